The molecule has 0 aromatic heterocycles. The maximum absolute atomic E-state index is 10.7. The molecule has 6 nitrogen and oxygen atoms in total. The predicted molar refractivity (Wildman–Crippen MR) is 71.4 cm³/mol. The van der Waals surface area contributed by atoms with Gasteiger partial charge >= 0.3 is 5.97 Å². The zero-order chi connectivity index (χ0) is 13.9. The number of methoxy groups -OCH3 is 1. The largest absolute Gasteiger partial charge is 0.478 e. The Hall–Kier alpha value is -1.92. The molecule has 0 bridgehead atoms. The summed E-state index contributed by atoms with van der Waals surface area (Å²) in [6.45, 7) is 1.97. The zero-order valence-electron chi connectivity index (χ0n) is 10.8. The number of ether oxygens (including phenoxy) is 2. The standard InChI is InChI=1S/C13H18N2O4/c1-18-6-7-19-10-15-9-14-8-11-2-4-12(5-3-11)13(16)17/h2-5,9H,6-8,10H2,1H3,(H,14,15)(H,16,17). The number of hydrogen-bond donors (Lipinski definition) is 2. The molecule has 6 heteroatoms. The summed E-state index contributed by atoms with van der Waals surface area (Å²) in [5, 5.41) is 11.6. The Balaban J connectivity index is 2.19. The minimum atomic E-state index is -0.926. The Labute approximate surface area is 112 Å². The van der Waals surface area contributed by atoms with E-state index in [0.29, 0.717) is 26.5 Å². The van der Waals surface area contributed by atoms with E-state index in [2.05, 4.69) is 10.3 Å². The van der Waals surface area contributed by atoms with E-state index < -0.39 is 5.97 Å². The number of aliphatic imine (C=N–C) groups is 1. The Kier molecular flexibility index (Phi) is 7.23. The molecule has 0 unspecified atom stereocenters. The third-order valence-corrected chi connectivity index (χ3v) is 2.27. The van der Waals surface area contributed by atoms with E-state index in [0.717, 1.165) is 5.56 Å². The fourth-order valence-electron chi connectivity index (χ4n) is 1.28. The van der Waals surface area contributed by atoms with Crippen LogP contribution in [0.5, 0.6) is 0 Å². The van der Waals surface area contributed by atoms with Gasteiger partial charge in [-0.05, 0) is 17.7 Å². The molecule has 0 heterocycles. The highest BCUT2D eigenvalue weighted by Crippen LogP contribution is 2.05. The van der Waals surface area contributed by atoms with Crippen LogP contribution < -0.4 is 5.32 Å². The SMILES string of the molecule is COCCOCNC=NCc1ccc(C(=O)O)cc1. The molecule has 0 aliphatic carbocycles. The lowest BCUT2D eigenvalue weighted by Gasteiger charge is -2.02. The summed E-state index contributed by atoms with van der Waals surface area (Å²) < 4.78 is 10.0. The number of carbonyl (C=O) groups is 1. The molecule has 0 atom stereocenters. The van der Waals surface area contributed by atoms with Gasteiger partial charge in [-0.1, -0.05) is 12.1 Å². The van der Waals surface area contributed by atoms with E-state index in [1.807, 2.05) is 0 Å². The van der Waals surface area contributed by atoms with E-state index in [1.165, 1.54) is 0 Å². The molecule has 0 amide bonds. The smallest absolute Gasteiger partial charge is 0.335 e. The first-order valence-electron chi connectivity index (χ1n) is 5.84. The summed E-state index contributed by atoms with van der Waals surface area (Å²) >= 11 is 0. The van der Waals surface area contributed by atoms with Crippen molar-refractivity contribution in [1.29, 1.82) is 0 Å². The van der Waals surface area contributed by atoms with Gasteiger partial charge < -0.3 is 19.9 Å². The molecule has 1 aromatic carbocycles. The minimum absolute atomic E-state index is 0.275. The molecule has 2 N–H and O–H groups in total. The van der Waals surface area contributed by atoms with E-state index in [1.54, 1.807) is 37.7 Å². The van der Waals surface area contributed by atoms with Crippen molar-refractivity contribution in [3.05, 3.63) is 35.4 Å². The van der Waals surface area contributed by atoms with Crippen LogP contribution in [-0.4, -0.2) is 44.5 Å². The fourth-order valence-corrected chi connectivity index (χ4v) is 1.28. The van der Waals surface area contributed by atoms with Crippen molar-refractivity contribution < 1.29 is 19.4 Å². The number of carboxylic acids is 1. The first kappa shape index (κ1) is 15.1. The second-order valence-electron chi connectivity index (χ2n) is 3.72. The summed E-state index contributed by atoms with van der Waals surface area (Å²) in [5.41, 5.74) is 1.22. The second-order valence-corrected chi connectivity index (χ2v) is 3.72. The van der Waals surface area contributed by atoms with E-state index in [4.69, 9.17) is 14.6 Å². The van der Waals surface area contributed by atoms with Gasteiger partial charge in [-0.3, -0.25) is 4.99 Å². The van der Waals surface area contributed by atoms with Gasteiger partial charge in [-0.25, -0.2) is 4.79 Å². The van der Waals surface area contributed by atoms with Crippen molar-refractivity contribution >= 4 is 12.3 Å². The predicted octanol–water partition coefficient (Wildman–Crippen LogP) is 1.12. The van der Waals surface area contributed by atoms with Crippen LogP contribution in [0.3, 0.4) is 0 Å². The molecule has 0 aliphatic heterocycles. The van der Waals surface area contributed by atoms with Crippen LogP contribution in [0.2, 0.25) is 0 Å². The number of nitrogens with zero attached hydrogens (tertiary/aromatic N) is 1. The molecule has 0 radical (unpaired) electrons. The average Bonchev–Trinajstić information content (AvgIpc) is 2.42. The highest BCUT2D eigenvalue weighted by atomic mass is 16.5. The first-order chi connectivity index (χ1) is 9.24. The summed E-state index contributed by atoms with van der Waals surface area (Å²) in [5.74, 6) is -0.926. The second kappa shape index (κ2) is 9.07. The maximum Gasteiger partial charge on any atom is 0.335 e. The highest BCUT2D eigenvalue weighted by Gasteiger charge is 2.00. The Morgan fingerprint density at radius 1 is 1.37 bits per heavy atom. The fraction of sp³-hybridized carbons (Fsp3) is 0.385. The molecule has 0 aliphatic rings. The van der Waals surface area contributed by atoms with Gasteiger partial charge in [0.2, 0.25) is 0 Å². The molecular weight excluding hydrogens is 248 g/mol. The lowest BCUT2D eigenvalue weighted by Crippen LogP contribution is -2.17. The van der Waals surface area contributed by atoms with Gasteiger partial charge in [0, 0.05) is 7.11 Å². The van der Waals surface area contributed by atoms with Crippen molar-refractivity contribution in [1.82, 2.24) is 5.32 Å². The average molecular weight is 266 g/mol. The number of benzene rings is 1. The normalized spacial score (nSPS) is 10.8. The maximum atomic E-state index is 10.7. The van der Waals surface area contributed by atoms with Crippen LogP contribution in [0.15, 0.2) is 29.3 Å². The molecule has 1 rings (SSSR count). The van der Waals surface area contributed by atoms with Gasteiger partial charge in [0.05, 0.1) is 31.7 Å². The Bertz CT molecular complexity index is 404. The molecule has 0 saturated carbocycles. The van der Waals surface area contributed by atoms with E-state index in [9.17, 15) is 4.79 Å². The molecule has 104 valence electrons. The monoisotopic (exact) mass is 266 g/mol. The number of nitrogens with one attached hydrogen (secondary N) is 1. The number of rotatable bonds is 9. The molecular formula is C13H18N2O4. The summed E-state index contributed by atoms with van der Waals surface area (Å²) in [6.07, 6.45) is 1.57. The summed E-state index contributed by atoms with van der Waals surface area (Å²) in [6, 6.07) is 6.62. The van der Waals surface area contributed by atoms with Crippen LogP contribution in [0.1, 0.15) is 15.9 Å². The highest BCUT2D eigenvalue weighted by molar-refractivity contribution is 5.87. The van der Waals surface area contributed by atoms with E-state index in [-0.39, 0.29) is 5.56 Å². The molecule has 0 saturated heterocycles. The summed E-state index contributed by atoms with van der Waals surface area (Å²) in [4.78, 5) is 14.8. The summed E-state index contributed by atoms with van der Waals surface area (Å²) in [7, 11) is 1.62. The van der Waals surface area contributed by atoms with E-state index >= 15 is 0 Å². The Morgan fingerprint density at radius 3 is 2.74 bits per heavy atom. The van der Waals surface area contributed by atoms with Crippen LogP contribution >= 0.6 is 0 Å². The van der Waals surface area contributed by atoms with Crippen molar-refractivity contribution in [3.8, 4) is 0 Å². The Morgan fingerprint density at radius 2 is 2.11 bits per heavy atom. The van der Waals surface area contributed by atoms with Crippen molar-refractivity contribution in [2.45, 2.75) is 6.54 Å². The third-order valence-electron chi connectivity index (χ3n) is 2.27. The minimum Gasteiger partial charge on any atom is -0.478 e. The van der Waals surface area contributed by atoms with Crippen molar-refractivity contribution in [2.24, 2.45) is 4.99 Å². The molecule has 19 heavy (non-hydrogen) atoms. The number of carboxylic acid groups (broad SMARTS) is 1. The molecule has 1 aromatic rings. The molecule has 0 fully saturated rings. The van der Waals surface area contributed by atoms with Crippen LogP contribution in [0, 0.1) is 0 Å². The lowest BCUT2D eigenvalue weighted by molar-refractivity contribution is 0.0680. The van der Waals surface area contributed by atoms with Crippen molar-refractivity contribution in [3.63, 3.8) is 0 Å². The number of aromatic carboxylic acids is 1. The van der Waals surface area contributed by atoms with Gasteiger partial charge in [-0.2, -0.15) is 0 Å². The lowest BCUT2D eigenvalue weighted by atomic mass is 10.1. The van der Waals surface area contributed by atoms with Gasteiger partial charge in [0.25, 0.3) is 0 Å². The van der Waals surface area contributed by atoms with Crippen molar-refractivity contribution in [2.75, 3.05) is 27.1 Å². The van der Waals surface area contributed by atoms with Crippen LogP contribution in [0.4, 0.5) is 0 Å². The topological polar surface area (TPSA) is 80.2 Å². The zero-order valence-corrected chi connectivity index (χ0v) is 10.8. The number of hydrogen-bond acceptors (Lipinski definition) is 4. The van der Waals surface area contributed by atoms with Gasteiger partial charge in [-0.15, -0.1) is 0 Å². The van der Waals surface area contributed by atoms with Crippen LogP contribution in [0.25, 0.3) is 0 Å². The molecule has 0 spiro atoms. The van der Waals surface area contributed by atoms with Crippen LogP contribution in [-0.2, 0) is 16.0 Å². The van der Waals surface area contributed by atoms with Gasteiger partial charge in [0.15, 0.2) is 0 Å². The third kappa shape index (κ3) is 6.54. The quantitative estimate of drug-likeness (QED) is 0.303. The van der Waals surface area contributed by atoms with Gasteiger partial charge in [0.1, 0.15) is 6.73 Å². The first-order valence-corrected chi connectivity index (χ1v) is 5.84.